The minimum absolute atomic E-state index is 0.742. The van der Waals surface area contributed by atoms with E-state index in [2.05, 4.69) is 0 Å². The molecule has 0 bridgehead atoms. The summed E-state index contributed by atoms with van der Waals surface area (Å²) < 4.78 is 0. The van der Waals surface area contributed by atoms with Crippen molar-refractivity contribution >= 4 is 11.6 Å². The number of halogens is 1. The first-order valence-electron chi connectivity index (χ1n) is 3.20. The van der Waals surface area contributed by atoms with Crippen LogP contribution in [0.5, 0.6) is 0 Å². The van der Waals surface area contributed by atoms with E-state index >= 15 is 0 Å². The molecule has 0 saturated heterocycles. The van der Waals surface area contributed by atoms with Gasteiger partial charge in [-0.05, 0) is 25.0 Å². The van der Waals surface area contributed by atoms with Crippen molar-refractivity contribution in [3.8, 4) is 0 Å². The fourth-order valence-corrected chi connectivity index (χ4v) is 0.981. The number of rotatable bonds is 0. The zero-order valence-corrected chi connectivity index (χ0v) is 6.65. The Morgan fingerprint density at radius 3 is 3.00 bits per heavy atom. The van der Waals surface area contributed by atoms with Crippen LogP contribution in [-0.4, -0.2) is 0 Å². The first-order valence-corrected chi connectivity index (χ1v) is 3.58. The van der Waals surface area contributed by atoms with Gasteiger partial charge in [-0.25, -0.2) is 0 Å². The lowest BCUT2D eigenvalue weighted by Gasteiger charge is -1.99. The molecule has 0 heterocycles. The van der Waals surface area contributed by atoms with Crippen molar-refractivity contribution < 1.29 is 0 Å². The maximum absolute atomic E-state index is 5.84. The van der Waals surface area contributed by atoms with Gasteiger partial charge in [0.2, 0.25) is 0 Å². The molecule has 0 spiro atoms. The monoisotopic (exact) mass is 155 g/mol. The largest absolute Gasteiger partial charge is 0.399 e. The van der Waals surface area contributed by atoms with Gasteiger partial charge in [-0.3, -0.25) is 0 Å². The van der Waals surface area contributed by atoms with Gasteiger partial charge in [-0.1, -0.05) is 23.8 Å². The van der Waals surface area contributed by atoms with Crippen LogP contribution in [0.2, 0.25) is 0 Å². The van der Waals surface area contributed by atoms with E-state index in [0.717, 1.165) is 22.7 Å². The summed E-state index contributed by atoms with van der Waals surface area (Å²) in [7, 11) is 0. The molecule has 1 nitrogen and oxygen atoms in total. The zero-order valence-electron chi connectivity index (χ0n) is 5.89. The third-order valence-electron chi connectivity index (χ3n) is 1.53. The smallest absolute Gasteiger partial charge is 0.0452 e. The highest BCUT2D eigenvalue weighted by atomic mass is 35.5. The Kier molecular flexibility index (Phi) is 2.17. The molecule has 54 valence electrons. The first kappa shape index (κ1) is 7.42. The molecule has 0 unspecified atom stereocenters. The van der Waals surface area contributed by atoms with Crippen molar-refractivity contribution in [3.63, 3.8) is 0 Å². The predicted octanol–water partition coefficient (Wildman–Crippen LogP) is 2.30. The zero-order chi connectivity index (χ0) is 7.56. The lowest BCUT2D eigenvalue weighted by molar-refractivity contribution is 1.24. The Morgan fingerprint density at radius 1 is 1.60 bits per heavy atom. The molecule has 2 heteroatoms. The number of nitrogens with two attached hydrogens (primary N) is 1. The second kappa shape index (κ2) is 2.93. The minimum Gasteiger partial charge on any atom is -0.399 e. The van der Waals surface area contributed by atoms with Gasteiger partial charge in [0.25, 0.3) is 0 Å². The third kappa shape index (κ3) is 1.42. The van der Waals surface area contributed by atoms with E-state index in [-0.39, 0.29) is 0 Å². The molecule has 0 aromatic heterocycles. The molecular formula is C8H10ClN. The van der Waals surface area contributed by atoms with Gasteiger partial charge >= 0.3 is 0 Å². The topological polar surface area (TPSA) is 26.0 Å². The second-order valence-electron chi connectivity index (χ2n) is 2.27. The van der Waals surface area contributed by atoms with Crippen LogP contribution in [0.1, 0.15) is 13.3 Å². The van der Waals surface area contributed by atoms with Crippen molar-refractivity contribution in [2.24, 2.45) is 5.73 Å². The summed E-state index contributed by atoms with van der Waals surface area (Å²) >= 11 is 5.84. The van der Waals surface area contributed by atoms with Gasteiger partial charge in [-0.2, -0.15) is 0 Å². The standard InChI is InChI=1S/C8H10ClN/c1-6-7(9)4-2-3-5-8(6)10/h2,4-5H,3,10H2,1H3. The van der Waals surface area contributed by atoms with Crippen LogP contribution in [0.3, 0.4) is 0 Å². The number of allylic oxidation sites excluding steroid dienone is 5. The van der Waals surface area contributed by atoms with Crippen LogP contribution >= 0.6 is 11.6 Å². The van der Waals surface area contributed by atoms with Gasteiger partial charge in [0, 0.05) is 10.7 Å². The van der Waals surface area contributed by atoms with Crippen molar-refractivity contribution in [2.45, 2.75) is 13.3 Å². The van der Waals surface area contributed by atoms with E-state index < -0.39 is 0 Å². The van der Waals surface area contributed by atoms with Crippen molar-refractivity contribution in [1.29, 1.82) is 0 Å². The molecular weight excluding hydrogens is 146 g/mol. The third-order valence-corrected chi connectivity index (χ3v) is 1.94. The summed E-state index contributed by atoms with van der Waals surface area (Å²) in [5, 5.41) is 0.742. The van der Waals surface area contributed by atoms with E-state index in [1.807, 2.05) is 25.2 Å². The van der Waals surface area contributed by atoms with E-state index in [1.165, 1.54) is 0 Å². The number of hydrogen-bond acceptors (Lipinski definition) is 1. The SMILES string of the molecule is CC1=C(Cl)C=CCC=C1N. The molecule has 0 aromatic carbocycles. The molecule has 1 aliphatic rings. The Hall–Kier alpha value is -0.690. The van der Waals surface area contributed by atoms with Crippen molar-refractivity contribution in [3.05, 3.63) is 34.5 Å². The maximum Gasteiger partial charge on any atom is 0.0452 e. The highest BCUT2D eigenvalue weighted by molar-refractivity contribution is 6.31. The molecule has 1 aliphatic carbocycles. The summed E-state index contributed by atoms with van der Waals surface area (Å²) in [6, 6.07) is 0. The van der Waals surface area contributed by atoms with Crippen LogP contribution in [-0.2, 0) is 0 Å². The molecule has 0 aromatic rings. The Bertz CT molecular complexity index is 223. The van der Waals surface area contributed by atoms with Gasteiger partial charge in [-0.15, -0.1) is 0 Å². The number of hydrogen-bond donors (Lipinski definition) is 1. The lowest BCUT2D eigenvalue weighted by Crippen LogP contribution is -1.98. The highest BCUT2D eigenvalue weighted by Gasteiger charge is 2.00. The van der Waals surface area contributed by atoms with Crippen molar-refractivity contribution in [1.82, 2.24) is 0 Å². The molecule has 2 N–H and O–H groups in total. The van der Waals surface area contributed by atoms with E-state index in [4.69, 9.17) is 17.3 Å². The quantitative estimate of drug-likeness (QED) is 0.571. The summed E-state index contributed by atoms with van der Waals surface area (Å²) in [6.07, 6.45) is 6.71. The van der Waals surface area contributed by atoms with Gasteiger partial charge < -0.3 is 5.73 Å². The van der Waals surface area contributed by atoms with E-state index in [0.29, 0.717) is 0 Å². The van der Waals surface area contributed by atoms with Crippen LogP contribution < -0.4 is 5.73 Å². The summed E-state index contributed by atoms with van der Waals surface area (Å²) in [5.74, 6) is 0. The molecule has 10 heavy (non-hydrogen) atoms. The Morgan fingerprint density at radius 2 is 2.30 bits per heavy atom. The van der Waals surface area contributed by atoms with Crippen molar-refractivity contribution in [2.75, 3.05) is 0 Å². The summed E-state index contributed by atoms with van der Waals surface area (Å²) in [4.78, 5) is 0. The minimum atomic E-state index is 0.742. The predicted molar refractivity (Wildman–Crippen MR) is 44.6 cm³/mol. The van der Waals surface area contributed by atoms with Crippen LogP contribution in [0.25, 0.3) is 0 Å². The van der Waals surface area contributed by atoms with E-state index in [1.54, 1.807) is 0 Å². The summed E-state index contributed by atoms with van der Waals surface area (Å²) in [5.41, 5.74) is 7.40. The average Bonchev–Trinajstić information content (AvgIpc) is 2.04. The van der Waals surface area contributed by atoms with Gasteiger partial charge in [0.15, 0.2) is 0 Å². The molecule has 0 atom stereocenters. The Labute approximate surface area is 65.9 Å². The fourth-order valence-electron chi connectivity index (χ4n) is 0.782. The molecule has 1 rings (SSSR count). The van der Waals surface area contributed by atoms with E-state index in [9.17, 15) is 0 Å². The molecule has 0 fully saturated rings. The van der Waals surface area contributed by atoms with Crippen LogP contribution in [0, 0.1) is 0 Å². The average molecular weight is 156 g/mol. The molecule has 0 saturated carbocycles. The Balaban J connectivity index is 3.02. The molecule has 0 amide bonds. The van der Waals surface area contributed by atoms with Gasteiger partial charge in [0.1, 0.15) is 0 Å². The van der Waals surface area contributed by atoms with Crippen LogP contribution in [0.15, 0.2) is 34.5 Å². The normalized spacial score (nSPS) is 18.8. The van der Waals surface area contributed by atoms with Crippen LogP contribution in [0.4, 0.5) is 0 Å². The second-order valence-corrected chi connectivity index (χ2v) is 2.68. The molecule has 0 radical (unpaired) electrons. The lowest BCUT2D eigenvalue weighted by atomic mass is 10.2. The summed E-state index contributed by atoms with van der Waals surface area (Å²) in [6.45, 7) is 1.92. The molecule has 0 aliphatic heterocycles. The highest BCUT2D eigenvalue weighted by Crippen LogP contribution is 2.18. The maximum atomic E-state index is 5.84. The van der Waals surface area contributed by atoms with Gasteiger partial charge in [0.05, 0.1) is 0 Å². The first-order chi connectivity index (χ1) is 4.72. The fraction of sp³-hybridized carbons (Fsp3) is 0.250.